The first-order valence-corrected chi connectivity index (χ1v) is 14.1. The van der Waals surface area contributed by atoms with Crippen LogP contribution in [-0.2, 0) is 0 Å². The summed E-state index contributed by atoms with van der Waals surface area (Å²) in [7, 11) is 0. The van der Waals surface area contributed by atoms with Crippen molar-refractivity contribution < 1.29 is 18.3 Å². The molecule has 0 saturated carbocycles. The summed E-state index contributed by atoms with van der Waals surface area (Å²) >= 11 is 12.4. The van der Waals surface area contributed by atoms with E-state index in [0.29, 0.717) is 27.2 Å². The van der Waals surface area contributed by atoms with E-state index in [9.17, 15) is 18.3 Å². The molecule has 5 nitrogen and oxygen atoms in total. The predicted octanol–water partition coefficient (Wildman–Crippen LogP) is 10.3. The number of halogens is 5. The van der Waals surface area contributed by atoms with Gasteiger partial charge in [0, 0.05) is 21.7 Å². The van der Waals surface area contributed by atoms with E-state index in [-0.39, 0.29) is 0 Å². The van der Waals surface area contributed by atoms with Crippen molar-refractivity contribution in [3.63, 3.8) is 0 Å². The van der Waals surface area contributed by atoms with Gasteiger partial charge in [0.05, 0.1) is 5.02 Å². The second-order valence-electron chi connectivity index (χ2n) is 8.08. The fourth-order valence-electron chi connectivity index (χ4n) is 3.25. The van der Waals surface area contributed by atoms with Crippen molar-refractivity contribution >= 4 is 28.8 Å². The van der Waals surface area contributed by atoms with Crippen LogP contribution in [0.5, 0.6) is 0 Å². The molecule has 1 N–H and O–H groups in total. The Hall–Kier alpha value is -3.20. The summed E-state index contributed by atoms with van der Waals surface area (Å²) in [5.41, 5.74) is 3.22. The van der Waals surface area contributed by atoms with Gasteiger partial charge in [0.1, 0.15) is 11.8 Å². The van der Waals surface area contributed by atoms with Crippen molar-refractivity contribution in [3.8, 4) is 22.4 Å². The Balaban J connectivity index is 0.000000475. The van der Waals surface area contributed by atoms with Crippen LogP contribution in [0.4, 0.5) is 13.2 Å². The average Bonchev–Trinajstić information content (AvgIpc) is 3.39. The van der Waals surface area contributed by atoms with E-state index in [1.54, 1.807) is 17.5 Å². The number of nitrogens with zero attached hydrogens (tertiary/aromatic N) is 4. The van der Waals surface area contributed by atoms with E-state index in [1.807, 2.05) is 89.2 Å². The monoisotopic (exact) mass is 608 g/mol. The van der Waals surface area contributed by atoms with Gasteiger partial charge in [-0.3, -0.25) is 0 Å². The van der Waals surface area contributed by atoms with Crippen LogP contribution in [0.2, 0.25) is 10.0 Å². The highest BCUT2D eigenvalue weighted by Crippen LogP contribution is 2.35. The van der Waals surface area contributed by atoms with Gasteiger partial charge in [-0.25, -0.2) is 0 Å². The Bertz CT molecular complexity index is 1410. The normalized spacial score (nSPS) is 12.1. The van der Waals surface area contributed by atoms with Crippen LogP contribution in [0.3, 0.4) is 0 Å². The molecule has 0 aliphatic rings. The molecule has 41 heavy (non-hydrogen) atoms. The number of benzene rings is 2. The number of aliphatic hydroxyl groups excluding tert-OH is 1. The van der Waals surface area contributed by atoms with E-state index in [4.69, 9.17) is 28.3 Å². The molecular weight excluding hydrogens is 572 g/mol. The lowest BCUT2D eigenvalue weighted by molar-refractivity contribution is -0.0913. The van der Waals surface area contributed by atoms with Crippen molar-refractivity contribution in [1.29, 1.82) is 0 Å². The lowest BCUT2D eigenvalue weighted by Gasteiger charge is -2.12. The first-order valence-electron chi connectivity index (χ1n) is 13.4. The number of alkyl halides is 3. The number of hydrogen-bond donors (Lipinski definition) is 1. The third kappa shape index (κ3) is 10.3. The van der Waals surface area contributed by atoms with Crippen LogP contribution in [0.1, 0.15) is 66.8 Å². The SMILES string of the molecule is CC.CC.CC(O)c1nnc2cc(-c3ccc(Cl)cc3)c(-c3ccccc3Cl)nn12.CC/C=C\C=C(/C)C(F)(F)F. The van der Waals surface area contributed by atoms with Crippen LogP contribution in [0.25, 0.3) is 28.0 Å². The summed E-state index contributed by atoms with van der Waals surface area (Å²) in [5, 5.41) is 24.1. The molecule has 2 heterocycles. The maximum absolute atomic E-state index is 11.8. The lowest BCUT2D eigenvalue weighted by Crippen LogP contribution is -2.08. The van der Waals surface area contributed by atoms with Gasteiger partial charge in [-0.2, -0.15) is 22.8 Å². The Morgan fingerprint density at radius 3 is 2.12 bits per heavy atom. The van der Waals surface area contributed by atoms with Crippen LogP contribution in [0.15, 0.2) is 78.4 Å². The first-order chi connectivity index (χ1) is 19.5. The number of aliphatic hydroxyl groups is 1. The molecule has 0 bridgehead atoms. The first kappa shape index (κ1) is 35.8. The molecule has 2 aromatic heterocycles. The van der Waals surface area contributed by atoms with Crippen LogP contribution >= 0.6 is 23.2 Å². The van der Waals surface area contributed by atoms with Gasteiger partial charge in [0.15, 0.2) is 11.5 Å². The van der Waals surface area contributed by atoms with Crippen molar-refractivity contribution in [2.45, 2.75) is 67.2 Å². The summed E-state index contributed by atoms with van der Waals surface area (Å²) in [6.45, 7) is 12.5. The van der Waals surface area contributed by atoms with Crippen LogP contribution in [-0.4, -0.2) is 31.1 Å². The summed E-state index contributed by atoms with van der Waals surface area (Å²) in [4.78, 5) is 0. The molecule has 1 atom stereocenters. The fraction of sp³-hybridized carbons (Fsp3) is 0.323. The van der Waals surface area contributed by atoms with Crippen LogP contribution < -0.4 is 0 Å². The topological polar surface area (TPSA) is 63.3 Å². The van der Waals surface area contributed by atoms with Crippen LogP contribution in [0, 0.1) is 0 Å². The smallest absolute Gasteiger partial charge is 0.385 e. The summed E-state index contributed by atoms with van der Waals surface area (Å²) in [6.07, 6.45) is -0.0562. The quantitative estimate of drug-likeness (QED) is 0.229. The molecule has 4 aromatic rings. The molecule has 0 aliphatic heterocycles. The highest BCUT2D eigenvalue weighted by molar-refractivity contribution is 6.33. The van der Waals surface area contributed by atoms with Crippen molar-refractivity contribution in [1.82, 2.24) is 19.8 Å². The van der Waals surface area contributed by atoms with E-state index in [2.05, 4.69) is 10.2 Å². The fourth-order valence-corrected chi connectivity index (χ4v) is 3.60. The second-order valence-corrected chi connectivity index (χ2v) is 8.93. The number of hydrogen-bond acceptors (Lipinski definition) is 4. The largest absolute Gasteiger partial charge is 0.412 e. The summed E-state index contributed by atoms with van der Waals surface area (Å²) in [5.74, 6) is 0.371. The number of fused-ring (bicyclic) bond motifs is 1. The average molecular weight is 610 g/mol. The minimum absolute atomic E-state index is 0.371. The van der Waals surface area contributed by atoms with Crippen molar-refractivity contribution in [2.75, 3.05) is 0 Å². The second kappa shape index (κ2) is 17.6. The maximum atomic E-state index is 11.8. The molecule has 0 radical (unpaired) electrons. The van der Waals surface area contributed by atoms with Gasteiger partial charge in [0.25, 0.3) is 0 Å². The molecule has 0 saturated heterocycles. The molecule has 0 spiro atoms. The molecule has 1 unspecified atom stereocenters. The number of aromatic nitrogens is 4. The molecular formula is C31H37Cl2F3N4O. The Morgan fingerprint density at radius 1 is 0.976 bits per heavy atom. The Morgan fingerprint density at radius 2 is 1.59 bits per heavy atom. The molecule has 10 heteroatoms. The zero-order valence-corrected chi connectivity index (χ0v) is 25.9. The van der Waals surface area contributed by atoms with Crippen molar-refractivity contribution in [3.05, 3.63) is 94.3 Å². The molecule has 222 valence electrons. The molecule has 0 aliphatic carbocycles. The highest BCUT2D eigenvalue weighted by atomic mass is 35.5. The van der Waals surface area contributed by atoms with Gasteiger partial charge in [-0.05, 0) is 50.1 Å². The standard InChI is InChI=1S/C19H14Cl2N4O.C8H11F3.2C2H6/c1-11(26)19-23-22-17-10-15(12-6-8-13(20)9-7-12)18(24-25(17)19)14-4-2-3-5-16(14)21;1-3-4-5-6-7(2)8(9,10)11;2*1-2/h2-11,26H,1H3;4-6H,3H2,1-2H3;2*1-2H3/b;5-4-,7-6+;;. The van der Waals surface area contributed by atoms with Crippen molar-refractivity contribution in [2.24, 2.45) is 0 Å². The van der Waals surface area contributed by atoms with Gasteiger partial charge in [-0.15, -0.1) is 10.2 Å². The molecule has 0 amide bonds. The zero-order valence-electron chi connectivity index (χ0n) is 24.3. The minimum Gasteiger partial charge on any atom is -0.385 e. The van der Waals surface area contributed by atoms with Gasteiger partial charge >= 0.3 is 6.18 Å². The number of allylic oxidation sites excluding steroid dienone is 4. The third-order valence-corrected chi connectivity index (χ3v) is 5.82. The summed E-state index contributed by atoms with van der Waals surface area (Å²) < 4.78 is 36.9. The van der Waals surface area contributed by atoms with Gasteiger partial charge < -0.3 is 5.11 Å². The lowest BCUT2D eigenvalue weighted by atomic mass is 10.00. The zero-order chi connectivity index (χ0) is 31.2. The number of rotatable bonds is 5. The summed E-state index contributed by atoms with van der Waals surface area (Å²) in [6, 6.07) is 16.9. The predicted molar refractivity (Wildman–Crippen MR) is 164 cm³/mol. The minimum atomic E-state index is -4.18. The highest BCUT2D eigenvalue weighted by Gasteiger charge is 2.29. The van der Waals surface area contributed by atoms with Gasteiger partial charge in [0.2, 0.25) is 0 Å². The molecule has 4 rings (SSSR count). The van der Waals surface area contributed by atoms with E-state index in [0.717, 1.165) is 36.1 Å². The van der Waals surface area contributed by atoms with Gasteiger partial charge in [-0.1, -0.05) is 106 Å². The molecule has 2 aromatic carbocycles. The third-order valence-electron chi connectivity index (χ3n) is 5.24. The van der Waals surface area contributed by atoms with E-state index < -0.39 is 17.9 Å². The van der Waals surface area contributed by atoms with E-state index >= 15 is 0 Å². The van der Waals surface area contributed by atoms with E-state index in [1.165, 1.54) is 6.08 Å². The Labute approximate surface area is 250 Å². The Kier molecular flexibility index (Phi) is 15.4. The molecule has 0 fully saturated rings. The maximum Gasteiger partial charge on any atom is 0.412 e.